The van der Waals surface area contributed by atoms with Gasteiger partial charge < -0.3 is 15.5 Å². The normalized spacial score (nSPS) is 18.0. The monoisotopic (exact) mass is 383 g/mol. The molecule has 0 bridgehead atoms. The van der Waals surface area contributed by atoms with Crippen molar-refractivity contribution in [2.24, 2.45) is 5.73 Å². The van der Waals surface area contributed by atoms with Crippen LogP contribution < -0.4 is 5.73 Å². The topological polar surface area (TPSA) is 58.8 Å². The highest BCUT2D eigenvalue weighted by atomic mass is 79.9. The van der Waals surface area contributed by atoms with Crippen molar-refractivity contribution in [3.8, 4) is 0 Å². The van der Waals surface area contributed by atoms with Crippen molar-refractivity contribution in [2.75, 3.05) is 27.2 Å². The predicted octanol–water partition coefficient (Wildman–Crippen LogP) is 2.38. The van der Waals surface area contributed by atoms with Crippen LogP contribution in [-0.4, -0.2) is 48.8 Å². The number of nitrogens with zero attached hydrogens (tertiary/aromatic N) is 2. The number of amides is 1. The van der Waals surface area contributed by atoms with Crippen LogP contribution in [0.25, 0.3) is 0 Å². The van der Waals surface area contributed by atoms with Crippen molar-refractivity contribution < 1.29 is 9.63 Å². The van der Waals surface area contributed by atoms with E-state index in [-0.39, 0.29) is 5.91 Å². The molecule has 23 heavy (non-hydrogen) atoms. The average molecular weight is 384 g/mol. The van der Waals surface area contributed by atoms with E-state index in [4.69, 9.17) is 10.6 Å². The third kappa shape index (κ3) is 4.12. The molecule has 1 fully saturated rings. The van der Waals surface area contributed by atoms with Gasteiger partial charge in [0.05, 0.1) is 19.2 Å². The summed E-state index contributed by atoms with van der Waals surface area (Å²) in [4.78, 5) is 19.7. The molecule has 1 saturated heterocycles. The number of nitrogens with two attached hydrogens (primary N) is 1. The minimum absolute atomic E-state index is 0.0619. The Bertz CT molecular complexity index is 560. The van der Waals surface area contributed by atoms with E-state index in [1.54, 1.807) is 12.0 Å². The lowest BCUT2D eigenvalue weighted by Gasteiger charge is -2.44. The van der Waals surface area contributed by atoms with E-state index in [2.05, 4.69) is 15.9 Å². The van der Waals surface area contributed by atoms with Gasteiger partial charge in [0, 0.05) is 24.6 Å². The summed E-state index contributed by atoms with van der Waals surface area (Å²) in [7, 11) is 3.48. The van der Waals surface area contributed by atoms with Gasteiger partial charge in [-0.1, -0.05) is 15.9 Å². The third-order valence-corrected chi connectivity index (χ3v) is 5.34. The van der Waals surface area contributed by atoms with Crippen LogP contribution in [0.1, 0.15) is 29.5 Å². The fourth-order valence-corrected chi connectivity index (χ4v) is 3.82. The second kappa shape index (κ2) is 7.30. The van der Waals surface area contributed by atoms with E-state index < -0.39 is 5.66 Å². The first-order valence-electron chi connectivity index (χ1n) is 7.87. The number of aryl methyl sites for hydroxylation is 2. The van der Waals surface area contributed by atoms with Gasteiger partial charge in [0.25, 0.3) is 0 Å². The number of piperidine rings is 1. The van der Waals surface area contributed by atoms with E-state index in [1.165, 1.54) is 0 Å². The lowest BCUT2D eigenvalue weighted by Crippen LogP contribution is -2.61. The SMILES string of the molecule is CON1CCC(N)(N(C)C(=O)Cc2c(C)cc(Br)cc2C)CC1. The molecule has 0 saturated carbocycles. The molecule has 5 nitrogen and oxygen atoms in total. The molecular weight excluding hydrogens is 358 g/mol. The summed E-state index contributed by atoms with van der Waals surface area (Å²) in [5.74, 6) is 0.0619. The highest BCUT2D eigenvalue weighted by molar-refractivity contribution is 9.10. The lowest BCUT2D eigenvalue weighted by atomic mass is 9.95. The molecule has 0 aromatic heterocycles. The van der Waals surface area contributed by atoms with Crippen LogP contribution in [0, 0.1) is 13.8 Å². The minimum Gasteiger partial charge on any atom is -0.327 e. The number of benzene rings is 1. The highest BCUT2D eigenvalue weighted by Crippen LogP contribution is 2.25. The van der Waals surface area contributed by atoms with Gasteiger partial charge in [-0.15, -0.1) is 0 Å². The number of carbonyl (C=O) groups is 1. The number of halogens is 1. The van der Waals surface area contributed by atoms with Gasteiger partial charge in [0.2, 0.25) is 5.91 Å². The van der Waals surface area contributed by atoms with Crippen molar-refractivity contribution in [2.45, 2.75) is 38.8 Å². The predicted molar refractivity (Wildman–Crippen MR) is 94.8 cm³/mol. The zero-order valence-corrected chi connectivity index (χ0v) is 15.9. The molecule has 1 amide bonds. The number of hydrogen-bond donors (Lipinski definition) is 1. The summed E-state index contributed by atoms with van der Waals surface area (Å²) >= 11 is 3.49. The van der Waals surface area contributed by atoms with Crippen molar-refractivity contribution in [3.05, 3.63) is 33.3 Å². The number of hydrogen-bond acceptors (Lipinski definition) is 4. The number of likely N-dealkylation sites (N-methyl/N-ethyl adjacent to an activating group) is 1. The molecule has 0 spiro atoms. The fraction of sp³-hybridized carbons (Fsp3) is 0.588. The second-order valence-electron chi connectivity index (χ2n) is 6.36. The summed E-state index contributed by atoms with van der Waals surface area (Å²) in [5, 5.41) is 1.88. The molecule has 2 rings (SSSR count). The summed E-state index contributed by atoms with van der Waals surface area (Å²) in [6, 6.07) is 4.09. The number of carbonyl (C=O) groups excluding carboxylic acids is 1. The molecule has 1 aliphatic rings. The van der Waals surface area contributed by atoms with Crippen molar-refractivity contribution >= 4 is 21.8 Å². The Morgan fingerprint density at radius 3 is 2.35 bits per heavy atom. The molecule has 0 atom stereocenters. The first kappa shape index (κ1) is 18.4. The molecule has 1 aliphatic heterocycles. The first-order chi connectivity index (χ1) is 10.8. The van der Waals surface area contributed by atoms with Gasteiger partial charge in [-0.25, -0.2) is 0 Å². The van der Waals surface area contributed by atoms with E-state index in [1.807, 2.05) is 38.1 Å². The van der Waals surface area contributed by atoms with Crippen molar-refractivity contribution in [3.63, 3.8) is 0 Å². The lowest BCUT2D eigenvalue weighted by molar-refractivity contribution is -0.166. The van der Waals surface area contributed by atoms with Crippen LogP contribution >= 0.6 is 15.9 Å². The summed E-state index contributed by atoms with van der Waals surface area (Å²) < 4.78 is 1.04. The van der Waals surface area contributed by atoms with Gasteiger partial charge in [-0.05, 0) is 55.5 Å². The maximum atomic E-state index is 12.7. The zero-order valence-electron chi connectivity index (χ0n) is 14.4. The van der Waals surface area contributed by atoms with Gasteiger partial charge >= 0.3 is 0 Å². The summed E-state index contributed by atoms with van der Waals surface area (Å²) in [6.45, 7) is 5.55. The third-order valence-electron chi connectivity index (χ3n) is 4.88. The summed E-state index contributed by atoms with van der Waals surface area (Å²) in [6.07, 6.45) is 1.80. The molecule has 0 radical (unpaired) electrons. The van der Waals surface area contributed by atoms with Crippen molar-refractivity contribution in [1.29, 1.82) is 0 Å². The largest absolute Gasteiger partial charge is 0.327 e. The minimum atomic E-state index is -0.594. The average Bonchev–Trinajstić information content (AvgIpc) is 2.50. The Morgan fingerprint density at radius 1 is 1.35 bits per heavy atom. The molecule has 1 aromatic rings. The quantitative estimate of drug-likeness (QED) is 0.810. The van der Waals surface area contributed by atoms with E-state index >= 15 is 0 Å². The second-order valence-corrected chi connectivity index (χ2v) is 7.28. The molecule has 1 heterocycles. The standard InChI is InChI=1S/C17H26BrN3O2/c1-12-9-14(18)10-13(2)15(12)11-16(22)20(3)17(19)5-7-21(23-4)8-6-17/h9-10H,5-8,11,19H2,1-4H3. The van der Waals surface area contributed by atoms with Crippen LogP contribution in [0.15, 0.2) is 16.6 Å². The fourth-order valence-electron chi connectivity index (χ4n) is 3.13. The van der Waals surface area contributed by atoms with Crippen LogP contribution in [0.5, 0.6) is 0 Å². The molecule has 2 N–H and O–H groups in total. The van der Waals surface area contributed by atoms with E-state index in [9.17, 15) is 4.79 Å². The van der Waals surface area contributed by atoms with Gasteiger partial charge in [0.1, 0.15) is 0 Å². The summed E-state index contributed by atoms with van der Waals surface area (Å²) in [5.41, 5.74) is 9.23. The Kier molecular flexibility index (Phi) is 5.84. The molecule has 128 valence electrons. The van der Waals surface area contributed by atoms with Gasteiger partial charge in [-0.2, -0.15) is 5.06 Å². The molecule has 0 unspecified atom stereocenters. The van der Waals surface area contributed by atoms with Gasteiger partial charge in [0.15, 0.2) is 0 Å². The molecule has 1 aromatic carbocycles. The van der Waals surface area contributed by atoms with Crippen LogP contribution in [0.4, 0.5) is 0 Å². The highest BCUT2D eigenvalue weighted by Gasteiger charge is 2.37. The van der Waals surface area contributed by atoms with Crippen molar-refractivity contribution in [1.82, 2.24) is 9.96 Å². The van der Waals surface area contributed by atoms with Gasteiger partial charge in [-0.3, -0.25) is 4.79 Å². The van der Waals surface area contributed by atoms with Crippen LogP contribution in [0.3, 0.4) is 0 Å². The Morgan fingerprint density at radius 2 is 1.87 bits per heavy atom. The number of hydroxylamine groups is 2. The smallest absolute Gasteiger partial charge is 0.228 e. The van der Waals surface area contributed by atoms with E-state index in [0.717, 1.165) is 34.3 Å². The molecule has 6 heteroatoms. The zero-order chi connectivity index (χ0) is 17.2. The van der Waals surface area contributed by atoms with Crippen LogP contribution in [0.2, 0.25) is 0 Å². The first-order valence-corrected chi connectivity index (χ1v) is 8.66. The Hall–Kier alpha value is -0.950. The maximum Gasteiger partial charge on any atom is 0.228 e. The molecule has 0 aliphatic carbocycles. The number of rotatable bonds is 4. The van der Waals surface area contributed by atoms with Crippen LogP contribution in [-0.2, 0) is 16.1 Å². The molecular formula is C17H26BrN3O2. The Labute approximate surface area is 146 Å². The maximum absolute atomic E-state index is 12.7. The Balaban J connectivity index is 2.09. The van der Waals surface area contributed by atoms with E-state index in [0.29, 0.717) is 19.3 Å².